The van der Waals surface area contributed by atoms with E-state index < -0.39 is 0 Å². The molecule has 0 aliphatic carbocycles. The molecule has 0 aliphatic rings. The second-order valence-corrected chi connectivity index (χ2v) is 8.31. The fraction of sp³-hybridized carbons (Fsp3) is 0.400. The van der Waals surface area contributed by atoms with Crippen LogP contribution in [0, 0.1) is 0 Å². The summed E-state index contributed by atoms with van der Waals surface area (Å²) in [6.07, 6.45) is 0. The Bertz CT molecular complexity index is 641. The molecule has 0 saturated heterocycles. The van der Waals surface area contributed by atoms with Crippen LogP contribution >= 0.6 is 0 Å². The highest BCUT2D eigenvalue weighted by molar-refractivity contribution is 6.77. The van der Waals surface area contributed by atoms with E-state index in [1.165, 1.54) is 33.0 Å². The largest absolute Gasteiger partial charge is 0.170 e. The standard InChI is InChI=1S/C20H30B4/c1-21(2)15-9-11-17(19(13-15)23(5)6)18-12-10-16(22(3)4)14-20(18)24(7)8/h9-14H,1-8H3. The molecule has 0 heterocycles. The highest BCUT2D eigenvalue weighted by Crippen LogP contribution is 2.16. The van der Waals surface area contributed by atoms with Gasteiger partial charge in [0, 0.05) is 0 Å². The highest BCUT2D eigenvalue weighted by Gasteiger charge is 2.18. The molecule has 2 aromatic carbocycles. The first-order valence-electron chi connectivity index (χ1n) is 9.50. The molecule has 0 aliphatic heterocycles. The minimum atomic E-state index is 0.531. The van der Waals surface area contributed by atoms with E-state index in [0.717, 1.165) is 0 Å². The summed E-state index contributed by atoms with van der Waals surface area (Å²) in [4.78, 5) is 0. The van der Waals surface area contributed by atoms with Gasteiger partial charge in [0.2, 0.25) is 0 Å². The lowest BCUT2D eigenvalue weighted by Gasteiger charge is -2.20. The fourth-order valence-electron chi connectivity index (χ4n) is 3.33. The van der Waals surface area contributed by atoms with Crippen molar-refractivity contribution in [3.05, 3.63) is 36.4 Å². The minimum Gasteiger partial charge on any atom is -0.0819 e. The summed E-state index contributed by atoms with van der Waals surface area (Å²) >= 11 is 0. The average molecular weight is 314 g/mol. The van der Waals surface area contributed by atoms with E-state index in [-0.39, 0.29) is 0 Å². The summed E-state index contributed by atoms with van der Waals surface area (Å²) in [5, 5.41) is 0. The lowest BCUT2D eigenvalue weighted by atomic mass is 9.42. The van der Waals surface area contributed by atoms with Crippen LogP contribution in [-0.4, -0.2) is 26.9 Å². The summed E-state index contributed by atoms with van der Waals surface area (Å²) in [5.74, 6) is 0. The zero-order valence-electron chi connectivity index (χ0n) is 16.8. The van der Waals surface area contributed by atoms with Gasteiger partial charge in [0.1, 0.15) is 0 Å². The van der Waals surface area contributed by atoms with E-state index in [0.29, 0.717) is 26.9 Å². The Balaban J connectivity index is 2.67. The van der Waals surface area contributed by atoms with Gasteiger partial charge in [-0.05, 0) is 11.1 Å². The molecule has 0 N–H and O–H groups in total. The third kappa shape index (κ3) is 4.02. The Labute approximate surface area is 151 Å². The number of benzene rings is 2. The Hall–Kier alpha value is -1.30. The maximum atomic E-state index is 2.42. The van der Waals surface area contributed by atoms with Crippen LogP contribution in [0.25, 0.3) is 11.1 Å². The van der Waals surface area contributed by atoms with Gasteiger partial charge in [0.15, 0.2) is 26.9 Å². The van der Waals surface area contributed by atoms with Crippen LogP contribution in [0.5, 0.6) is 0 Å². The van der Waals surface area contributed by atoms with Crippen molar-refractivity contribution in [1.29, 1.82) is 0 Å². The lowest BCUT2D eigenvalue weighted by molar-refractivity contribution is 1.68. The van der Waals surface area contributed by atoms with Gasteiger partial charge in [-0.15, -0.1) is 0 Å². The molecule has 0 bridgehead atoms. The predicted octanol–water partition coefficient (Wildman–Crippen LogP) is 3.20. The first kappa shape index (κ1) is 19.0. The van der Waals surface area contributed by atoms with E-state index in [4.69, 9.17) is 0 Å². The van der Waals surface area contributed by atoms with Crippen molar-refractivity contribution in [2.75, 3.05) is 0 Å². The van der Waals surface area contributed by atoms with Crippen LogP contribution in [0.15, 0.2) is 36.4 Å². The summed E-state index contributed by atoms with van der Waals surface area (Å²) in [5.41, 5.74) is 8.64. The topological polar surface area (TPSA) is 0 Å². The van der Waals surface area contributed by atoms with E-state index >= 15 is 0 Å². The van der Waals surface area contributed by atoms with Crippen molar-refractivity contribution in [3.8, 4) is 11.1 Å². The molecule has 0 nitrogen and oxygen atoms in total. The molecule has 24 heavy (non-hydrogen) atoms. The normalized spacial score (nSPS) is 10.5. The van der Waals surface area contributed by atoms with Crippen LogP contribution in [0.1, 0.15) is 0 Å². The second kappa shape index (κ2) is 7.72. The van der Waals surface area contributed by atoms with Crippen LogP contribution < -0.4 is 21.9 Å². The molecule has 0 unspecified atom stereocenters. The first-order chi connectivity index (χ1) is 11.2. The lowest BCUT2D eigenvalue weighted by Crippen LogP contribution is -2.37. The summed E-state index contributed by atoms with van der Waals surface area (Å²) in [6.45, 7) is 20.5. The predicted molar refractivity (Wildman–Crippen MR) is 120 cm³/mol. The van der Waals surface area contributed by atoms with Crippen molar-refractivity contribution >= 4 is 48.7 Å². The van der Waals surface area contributed by atoms with Crippen LogP contribution in [0.2, 0.25) is 54.6 Å². The van der Waals surface area contributed by atoms with Gasteiger partial charge >= 0.3 is 0 Å². The highest BCUT2D eigenvalue weighted by atomic mass is 14.1. The first-order valence-corrected chi connectivity index (χ1v) is 9.50. The number of hydrogen-bond donors (Lipinski definition) is 0. The molecule has 0 spiro atoms. The maximum absolute atomic E-state index is 2.42. The summed E-state index contributed by atoms with van der Waals surface area (Å²) in [7, 11) is 0. The monoisotopic (exact) mass is 314 g/mol. The van der Waals surface area contributed by atoms with Gasteiger partial charge in [-0.25, -0.2) is 0 Å². The van der Waals surface area contributed by atoms with Gasteiger partial charge in [0.05, 0.1) is 0 Å². The Morgan fingerprint density at radius 1 is 0.458 bits per heavy atom. The number of hydrogen-bond acceptors (Lipinski definition) is 0. The quantitative estimate of drug-likeness (QED) is 0.744. The fourth-order valence-corrected chi connectivity index (χ4v) is 3.33. The minimum absolute atomic E-state index is 0.531. The summed E-state index contributed by atoms with van der Waals surface area (Å²) in [6, 6.07) is 14.2. The molecule has 0 atom stereocenters. The van der Waals surface area contributed by atoms with Crippen molar-refractivity contribution in [1.82, 2.24) is 0 Å². The molecule has 0 saturated carbocycles. The van der Waals surface area contributed by atoms with Crippen molar-refractivity contribution < 1.29 is 0 Å². The van der Waals surface area contributed by atoms with Crippen molar-refractivity contribution in [2.45, 2.75) is 54.6 Å². The third-order valence-electron chi connectivity index (χ3n) is 5.02. The average Bonchev–Trinajstić information content (AvgIpc) is 2.53. The molecular weight excluding hydrogens is 283 g/mol. The zero-order chi connectivity index (χ0) is 18.0. The van der Waals surface area contributed by atoms with Gasteiger partial charge < -0.3 is 0 Å². The van der Waals surface area contributed by atoms with Crippen molar-refractivity contribution in [2.24, 2.45) is 0 Å². The summed E-state index contributed by atoms with van der Waals surface area (Å²) < 4.78 is 0. The number of rotatable bonds is 5. The molecule has 122 valence electrons. The molecule has 0 radical (unpaired) electrons. The van der Waals surface area contributed by atoms with E-state index in [1.54, 1.807) is 0 Å². The molecule has 2 aromatic rings. The Morgan fingerprint density at radius 3 is 1.04 bits per heavy atom. The molecule has 0 fully saturated rings. The molecule has 0 aromatic heterocycles. The Kier molecular flexibility index (Phi) is 6.12. The van der Waals surface area contributed by atoms with Gasteiger partial charge in [-0.1, -0.05) is 113 Å². The van der Waals surface area contributed by atoms with Crippen LogP contribution in [0.4, 0.5) is 0 Å². The SMILES string of the molecule is CB(C)c1ccc(-c2ccc(B(C)C)cc2B(C)C)c(B(C)C)c1. The van der Waals surface area contributed by atoms with Crippen LogP contribution in [-0.2, 0) is 0 Å². The Morgan fingerprint density at radius 2 is 0.792 bits per heavy atom. The van der Waals surface area contributed by atoms with E-state index in [9.17, 15) is 0 Å². The van der Waals surface area contributed by atoms with Gasteiger partial charge in [0.25, 0.3) is 0 Å². The van der Waals surface area contributed by atoms with Gasteiger partial charge in [-0.3, -0.25) is 0 Å². The molecule has 4 heteroatoms. The zero-order valence-corrected chi connectivity index (χ0v) is 16.8. The molecule has 0 amide bonds. The third-order valence-corrected chi connectivity index (χ3v) is 5.02. The molecule has 2 rings (SSSR count). The maximum Gasteiger partial charge on any atom is 0.170 e. The second-order valence-electron chi connectivity index (χ2n) is 8.31. The van der Waals surface area contributed by atoms with Crippen LogP contribution in [0.3, 0.4) is 0 Å². The van der Waals surface area contributed by atoms with Crippen molar-refractivity contribution in [3.63, 3.8) is 0 Å². The smallest absolute Gasteiger partial charge is 0.0819 e. The van der Waals surface area contributed by atoms with Gasteiger partial charge in [-0.2, -0.15) is 0 Å². The molecular formula is C20H30B4. The van der Waals surface area contributed by atoms with E-state index in [2.05, 4.69) is 91.0 Å². The van der Waals surface area contributed by atoms with E-state index in [1.807, 2.05) is 0 Å².